The van der Waals surface area contributed by atoms with Crippen LogP contribution in [0.3, 0.4) is 0 Å². The van der Waals surface area contributed by atoms with Gasteiger partial charge in [-0.1, -0.05) is 48.7 Å². The zero-order valence-electron chi connectivity index (χ0n) is 15.9. The van der Waals surface area contributed by atoms with E-state index in [-0.39, 0.29) is 6.04 Å². The van der Waals surface area contributed by atoms with Crippen LogP contribution in [0.25, 0.3) is 0 Å². The molecule has 3 N–H and O–H groups in total. The minimum Gasteiger partial charge on any atom is -0.492 e. The van der Waals surface area contributed by atoms with E-state index < -0.39 is 0 Å². The standard InChI is InChI=1S/C22H29ClN2OS/c1-2-12-27-25-10-11-26-19-8-6-17-7-9-22(24)21(20(17)15-19)14-16-4-3-5-18(23)13-16/h3-6,8,13,15,21-22,25H,2,7,9-12,14,24H2,1H3. The number of aryl methyl sites for hydroxylation is 1. The lowest BCUT2D eigenvalue weighted by atomic mass is 9.76. The Morgan fingerprint density at radius 1 is 1.26 bits per heavy atom. The molecule has 3 nitrogen and oxygen atoms in total. The summed E-state index contributed by atoms with van der Waals surface area (Å²) in [6, 6.07) is 14.8. The summed E-state index contributed by atoms with van der Waals surface area (Å²) in [4.78, 5) is 0. The van der Waals surface area contributed by atoms with Gasteiger partial charge in [-0.05, 0) is 66.6 Å². The summed E-state index contributed by atoms with van der Waals surface area (Å²) in [6.45, 7) is 3.69. The van der Waals surface area contributed by atoms with Gasteiger partial charge in [0, 0.05) is 29.3 Å². The molecule has 0 heterocycles. The van der Waals surface area contributed by atoms with Crippen LogP contribution in [0.4, 0.5) is 0 Å². The molecule has 2 unspecified atom stereocenters. The van der Waals surface area contributed by atoms with E-state index in [1.165, 1.54) is 23.1 Å². The first-order valence-electron chi connectivity index (χ1n) is 9.77. The average molecular weight is 405 g/mol. The van der Waals surface area contributed by atoms with E-state index >= 15 is 0 Å². The fourth-order valence-corrected chi connectivity index (χ4v) is 4.41. The van der Waals surface area contributed by atoms with Gasteiger partial charge in [0.2, 0.25) is 0 Å². The second-order valence-electron chi connectivity index (χ2n) is 7.09. The number of hydrogen-bond donors (Lipinski definition) is 2. The highest BCUT2D eigenvalue weighted by molar-refractivity contribution is 7.97. The molecule has 0 spiro atoms. The molecule has 2 aromatic carbocycles. The van der Waals surface area contributed by atoms with Gasteiger partial charge in [-0.3, -0.25) is 4.72 Å². The van der Waals surface area contributed by atoms with Crippen molar-refractivity contribution in [3.05, 3.63) is 64.2 Å². The summed E-state index contributed by atoms with van der Waals surface area (Å²) in [5.41, 5.74) is 10.5. The van der Waals surface area contributed by atoms with Crippen LogP contribution in [-0.4, -0.2) is 24.9 Å². The summed E-state index contributed by atoms with van der Waals surface area (Å²) in [7, 11) is 0. The normalized spacial score (nSPS) is 18.9. The molecule has 0 aromatic heterocycles. The maximum Gasteiger partial charge on any atom is 0.119 e. The number of nitrogens with two attached hydrogens (primary N) is 1. The smallest absolute Gasteiger partial charge is 0.119 e. The molecule has 2 atom stereocenters. The zero-order chi connectivity index (χ0) is 19.1. The van der Waals surface area contributed by atoms with Crippen LogP contribution < -0.4 is 15.2 Å². The van der Waals surface area contributed by atoms with Crippen molar-refractivity contribution in [3.63, 3.8) is 0 Å². The van der Waals surface area contributed by atoms with Crippen LogP contribution in [0.5, 0.6) is 5.75 Å². The SMILES string of the molecule is CCCSNCCOc1ccc2c(c1)C(Cc1cccc(Cl)c1)C(N)CC2. The van der Waals surface area contributed by atoms with Crippen LogP contribution in [-0.2, 0) is 12.8 Å². The Kier molecular flexibility index (Phi) is 7.89. The third kappa shape index (κ3) is 5.89. The topological polar surface area (TPSA) is 47.3 Å². The van der Waals surface area contributed by atoms with Crippen molar-refractivity contribution >= 4 is 23.5 Å². The first-order chi connectivity index (χ1) is 13.2. The Balaban J connectivity index is 1.67. The van der Waals surface area contributed by atoms with E-state index in [2.05, 4.69) is 35.9 Å². The predicted molar refractivity (Wildman–Crippen MR) is 117 cm³/mol. The molecular weight excluding hydrogens is 376 g/mol. The van der Waals surface area contributed by atoms with Gasteiger partial charge in [0.25, 0.3) is 0 Å². The van der Waals surface area contributed by atoms with Gasteiger partial charge < -0.3 is 10.5 Å². The molecule has 5 heteroatoms. The number of hydrogen-bond acceptors (Lipinski definition) is 4. The van der Waals surface area contributed by atoms with Gasteiger partial charge >= 0.3 is 0 Å². The van der Waals surface area contributed by atoms with Gasteiger partial charge in [0.05, 0.1) is 0 Å². The van der Waals surface area contributed by atoms with Gasteiger partial charge in [-0.2, -0.15) is 0 Å². The maximum atomic E-state index is 6.51. The number of halogens is 1. The van der Waals surface area contributed by atoms with Gasteiger partial charge in [0.15, 0.2) is 0 Å². The van der Waals surface area contributed by atoms with Crippen molar-refractivity contribution in [2.24, 2.45) is 5.73 Å². The first-order valence-corrected chi connectivity index (χ1v) is 11.1. The van der Waals surface area contributed by atoms with Crippen LogP contribution in [0.1, 0.15) is 42.4 Å². The highest BCUT2D eigenvalue weighted by atomic mass is 35.5. The van der Waals surface area contributed by atoms with E-state index in [4.69, 9.17) is 22.1 Å². The number of rotatable bonds is 9. The molecule has 1 aliphatic rings. The van der Waals surface area contributed by atoms with Gasteiger partial charge in [-0.25, -0.2) is 0 Å². The van der Waals surface area contributed by atoms with Gasteiger partial charge in [0.1, 0.15) is 12.4 Å². The molecule has 0 aliphatic heterocycles. The molecule has 2 aromatic rings. The molecule has 1 aliphatic carbocycles. The second-order valence-corrected chi connectivity index (χ2v) is 8.52. The first kappa shape index (κ1) is 20.5. The lowest BCUT2D eigenvalue weighted by Gasteiger charge is -2.32. The number of nitrogens with one attached hydrogen (secondary N) is 1. The number of fused-ring (bicyclic) bond motifs is 1. The summed E-state index contributed by atoms with van der Waals surface area (Å²) < 4.78 is 9.30. The maximum absolute atomic E-state index is 6.51. The Hall–Kier alpha value is -1.20. The van der Waals surface area contributed by atoms with Crippen molar-refractivity contribution in [2.45, 2.75) is 44.6 Å². The number of ether oxygens (including phenoxy) is 1. The van der Waals surface area contributed by atoms with Crippen molar-refractivity contribution < 1.29 is 4.74 Å². The molecule has 0 bridgehead atoms. The van der Waals surface area contributed by atoms with Crippen LogP contribution in [0.2, 0.25) is 5.02 Å². The number of benzene rings is 2. The Bertz CT molecular complexity index is 740. The predicted octanol–water partition coefficient (Wildman–Crippen LogP) is 4.97. The van der Waals surface area contributed by atoms with Crippen molar-refractivity contribution in [3.8, 4) is 5.75 Å². The summed E-state index contributed by atoms with van der Waals surface area (Å²) in [5.74, 6) is 2.36. The summed E-state index contributed by atoms with van der Waals surface area (Å²) >= 11 is 7.93. The molecule has 3 rings (SSSR count). The molecule has 0 radical (unpaired) electrons. The van der Waals surface area contributed by atoms with E-state index in [0.29, 0.717) is 12.5 Å². The highest BCUT2D eigenvalue weighted by Crippen LogP contribution is 2.36. The monoisotopic (exact) mass is 404 g/mol. The molecule has 0 fully saturated rings. The minimum absolute atomic E-state index is 0.166. The Morgan fingerprint density at radius 2 is 2.15 bits per heavy atom. The summed E-state index contributed by atoms with van der Waals surface area (Å²) in [5, 5.41) is 0.780. The average Bonchev–Trinajstić information content (AvgIpc) is 2.67. The fourth-order valence-electron chi connectivity index (χ4n) is 3.63. The van der Waals surface area contributed by atoms with Crippen LogP contribution >= 0.6 is 23.5 Å². The van der Waals surface area contributed by atoms with Crippen LogP contribution in [0, 0.1) is 0 Å². The van der Waals surface area contributed by atoms with E-state index in [9.17, 15) is 0 Å². The van der Waals surface area contributed by atoms with Crippen molar-refractivity contribution in [1.82, 2.24) is 4.72 Å². The molecule has 146 valence electrons. The lowest BCUT2D eigenvalue weighted by molar-refractivity contribution is 0.323. The fraction of sp³-hybridized carbons (Fsp3) is 0.455. The molecule has 0 saturated heterocycles. The largest absolute Gasteiger partial charge is 0.492 e. The van der Waals surface area contributed by atoms with E-state index in [1.807, 2.05) is 18.2 Å². The van der Waals surface area contributed by atoms with Crippen LogP contribution in [0.15, 0.2) is 42.5 Å². The quantitative estimate of drug-likeness (QED) is 0.457. The highest BCUT2D eigenvalue weighted by Gasteiger charge is 2.27. The molecule has 27 heavy (non-hydrogen) atoms. The third-order valence-corrected chi connectivity index (χ3v) is 6.26. The van der Waals surface area contributed by atoms with E-state index in [1.54, 1.807) is 11.9 Å². The minimum atomic E-state index is 0.166. The second kappa shape index (κ2) is 10.4. The van der Waals surface area contributed by atoms with Crippen molar-refractivity contribution in [1.29, 1.82) is 0 Å². The summed E-state index contributed by atoms with van der Waals surface area (Å²) in [6.07, 6.45) is 4.15. The van der Waals surface area contributed by atoms with E-state index in [0.717, 1.165) is 42.3 Å². The van der Waals surface area contributed by atoms with Crippen molar-refractivity contribution in [2.75, 3.05) is 18.9 Å². The molecule has 0 saturated carbocycles. The Labute approximate surface area is 172 Å². The Morgan fingerprint density at radius 3 is 2.96 bits per heavy atom. The molecular formula is C22H29ClN2OS. The molecule has 0 amide bonds. The van der Waals surface area contributed by atoms with Gasteiger partial charge in [-0.15, -0.1) is 0 Å². The zero-order valence-corrected chi connectivity index (χ0v) is 17.5. The third-order valence-electron chi connectivity index (χ3n) is 5.01. The lowest BCUT2D eigenvalue weighted by Crippen LogP contribution is -2.34.